The smallest absolute Gasteiger partial charge is 0.360 e. The lowest BCUT2D eigenvalue weighted by atomic mass is 9.89. The topological polar surface area (TPSA) is 72.9 Å². The average Bonchev–Trinajstić information content (AvgIpc) is 3.18. The number of fused-ring (bicyclic) bond motifs is 3. The molecule has 108 valence electrons. The summed E-state index contributed by atoms with van der Waals surface area (Å²) in [5.74, 6) is -1.85. The average molecular weight is 287 g/mol. The zero-order chi connectivity index (χ0) is 14.6. The highest BCUT2D eigenvalue weighted by Gasteiger charge is 2.54. The first-order valence-corrected chi connectivity index (χ1v) is 6.99. The van der Waals surface area contributed by atoms with Crippen LogP contribution in [0.15, 0.2) is 24.3 Å². The summed E-state index contributed by atoms with van der Waals surface area (Å²) in [6, 6.07) is 6.41. The molecule has 0 N–H and O–H groups in total. The Balaban J connectivity index is 1.58. The molecule has 1 aromatic rings. The van der Waals surface area contributed by atoms with Crippen molar-refractivity contribution < 1.29 is 24.0 Å². The van der Waals surface area contributed by atoms with Crippen molar-refractivity contribution in [2.24, 2.45) is 0 Å². The molecule has 0 aliphatic carbocycles. The van der Waals surface area contributed by atoms with Gasteiger partial charge in [0, 0.05) is 0 Å². The second-order valence-electron chi connectivity index (χ2n) is 5.64. The Kier molecular flexibility index (Phi) is 2.47. The number of hydrogen-bond acceptors (Lipinski definition) is 5. The maximum absolute atomic E-state index is 12.3. The Labute approximate surface area is 120 Å². The van der Waals surface area contributed by atoms with E-state index >= 15 is 0 Å². The number of rotatable bonds is 2. The van der Waals surface area contributed by atoms with Crippen LogP contribution in [0.2, 0.25) is 0 Å². The number of ether oxygens (including phenoxy) is 1. The molecule has 6 nitrogen and oxygen atoms in total. The number of hydrogen-bond donors (Lipinski definition) is 0. The van der Waals surface area contributed by atoms with Crippen LogP contribution in [0, 0.1) is 0 Å². The fourth-order valence-corrected chi connectivity index (χ4v) is 3.28. The normalized spacial score (nSPS) is 29.9. The zero-order valence-corrected chi connectivity index (χ0v) is 11.2. The summed E-state index contributed by atoms with van der Waals surface area (Å²) in [6.07, 6.45) is 2.90. The second kappa shape index (κ2) is 4.14. The molecular formula is C15H13NO5. The molecule has 3 aliphatic heterocycles. The first-order chi connectivity index (χ1) is 10.1. The fraction of sp³-hybridized carbons (Fsp3) is 0.400. The number of amides is 2. The van der Waals surface area contributed by atoms with Crippen molar-refractivity contribution in [3.05, 3.63) is 35.4 Å². The van der Waals surface area contributed by atoms with E-state index in [1.165, 1.54) is 0 Å². The van der Waals surface area contributed by atoms with E-state index in [0.29, 0.717) is 17.9 Å². The van der Waals surface area contributed by atoms with Gasteiger partial charge in [0.1, 0.15) is 0 Å². The fourth-order valence-electron chi connectivity index (χ4n) is 3.28. The van der Waals surface area contributed by atoms with Gasteiger partial charge >= 0.3 is 5.97 Å². The summed E-state index contributed by atoms with van der Waals surface area (Å²) in [4.78, 5) is 41.7. The SMILES string of the molecule is O=C1c2ccccc2C(=O)N1OC(=O)C12CCC(CC1)O2. The third-order valence-corrected chi connectivity index (χ3v) is 4.44. The van der Waals surface area contributed by atoms with Crippen LogP contribution in [0.4, 0.5) is 0 Å². The number of carbonyl (C=O) groups is 3. The van der Waals surface area contributed by atoms with Gasteiger partial charge in [-0.2, -0.15) is 0 Å². The minimum atomic E-state index is -0.972. The molecule has 2 bridgehead atoms. The molecule has 0 radical (unpaired) electrons. The van der Waals surface area contributed by atoms with Crippen molar-refractivity contribution in [3.8, 4) is 0 Å². The summed E-state index contributed by atoms with van der Waals surface area (Å²) in [6.45, 7) is 0. The Hall–Kier alpha value is -2.21. The molecule has 6 heteroatoms. The molecule has 0 unspecified atom stereocenters. The molecular weight excluding hydrogens is 274 g/mol. The first kappa shape index (κ1) is 12.5. The van der Waals surface area contributed by atoms with Gasteiger partial charge in [-0.05, 0) is 37.8 Å². The number of hydroxylamine groups is 2. The summed E-state index contributed by atoms with van der Waals surface area (Å²) in [7, 11) is 0. The molecule has 0 atom stereocenters. The second-order valence-corrected chi connectivity index (χ2v) is 5.64. The number of imide groups is 1. The Morgan fingerprint density at radius 3 is 2.19 bits per heavy atom. The zero-order valence-electron chi connectivity index (χ0n) is 11.2. The lowest BCUT2D eigenvalue weighted by molar-refractivity contribution is -0.189. The Morgan fingerprint density at radius 1 is 1.14 bits per heavy atom. The highest BCUT2D eigenvalue weighted by Crippen LogP contribution is 2.44. The van der Waals surface area contributed by atoms with Gasteiger partial charge in [0.25, 0.3) is 11.8 Å². The Morgan fingerprint density at radius 2 is 1.71 bits per heavy atom. The van der Waals surface area contributed by atoms with Crippen LogP contribution in [-0.4, -0.2) is 34.6 Å². The number of benzene rings is 1. The van der Waals surface area contributed by atoms with Crippen LogP contribution in [-0.2, 0) is 14.4 Å². The standard InChI is InChI=1S/C15H13NO5/c17-12-10-3-1-2-4-11(10)13(18)16(12)21-14(19)15-7-5-9(20-15)6-8-15/h1-4,9H,5-8H2. The molecule has 2 saturated heterocycles. The van der Waals surface area contributed by atoms with Gasteiger partial charge < -0.3 is 9.57 Å². The predicted octanol–water partition coefficient (Wildman–Crippen LogP) is 1.45. The molecule has 2 amide bonds. The van der Waals surface area contributed by atoms with Crippen molar-refractivity contribution in [2.75, 3.05) is 0 Å². The van der Waals surface area contributed by atoms with Crippen LogP contribution in [0.3, 0.4) is 0 Å². The highest BCUT2D eigenvalue weighted by molar-refractivity contribution is 6.21. The van der Waals surface area contributed by atoms with Crippen molar-refractivity contribution in [3.63, 3.8) is 0 Å². The van der Waals surface area contributed by atoms with E-state index in [9.17, 15) is 14.4 Å². The largest absolute Gasteiger partial charge is 0.364 e. The van der Waals surface area contributed by atoms with Crippen LogP contribution < -0.4 is 0 Å². The molecule has 1 aromatic carbocycles. The number of nitrogens with zero attached hydrogens (tertiary/aromatic N) is 1. The molecule has 2 fully saturated rings. The van der Waals surface area contributed by atoms with Crippen LogP contribution >= 0.6 is 0 Å². The van der Waals surface area contributed by atoms with E-state index in [0.717, 1.165) is 12.8 Å². The molecule has 21 heavy (non-hydrogen) atoms. The van der Waals surface area contributed by atoms with Crippen LogP contribution in [0.5, 0.6) is 0 Å². The minimum Gasteiger partial charge on any atom is -0.360 e. The maximum atomic E-state index is 12.3. The van der Waals surface area contributed by atoms with Crippen molar-refractivity contribution in [1.82, 2.24) is 5.06 Å². The Bertz CT molecular complexity index is 625. The monoisotopic (exact) mass is 287 g/mol. The van der Waals surface area contributed by atoms with E-state index in [2.05, 4.69) is 0 Å². The van der Waals surface area contributed by atoms with Crippen LogP contribution in [0.1, 0.15) is 46.4 Å². The molecule has 0 aromatic heterocycles. The number of carbonyl (C=O) groups excluding carboxylic acids is 3. The third kappa shape index (κ3) is 1.65. The van der Waals surface area contributed by atoms with Crippen LogP contribution in [0.25, 0.3) is 0 Å². The molecule has 0 saturated carbocycles. The van der Waals surface area contributed by atoms with Gasteiger partial charge in [-0.1, -0.05) is 17.2 Å². The van der Waals surface area contributed by atoms with Gasteiger partial charge in [0.2, 0.25) is 0 Å². The highest BCUT2D eigenvalue weighted by atomic mass is 16.7. The summed E-state index contributed by atoms with van der Waals surface area (Å²) in [5, 5.41) is 0.552. The van der Waals surface area contributed by atoms with Crippen molar-refractivity contribution >= 4 is 17.8 Å². The summed E-state index contributed by atoms with van der Waals surface area (Å²) < 4.78 is 5.66. The van der Waals surface area contributed by atoms with Crippen molar-refractivity contribution in [2.45, 2.75) is 37.4 Å². The lowest BCUT2D eigenvalue weighted by Crippen LogP contribution is -2.43. The van der Waals surface area contributed by atoms with E-state index in [1.54, 1.807) is 24.3 Å². The minimum absolute atomic E-state index is 0.0970. The van der Waals surface area contributed by atoms with Gasteiger partial charge in [-0.25, -0.2) is 4.79 Å². The summed E-state index contributed by atoms with van der Waals surface area (Å²) in [5.41, 5.74) is -0.464. The predicted molar refractivity (Wildman–Crippen MR) is 69.1 cm³/mol. The maximum Gasteiger partial charge on any atom is 0.364 e. The quantitative estimate of drug-likeness (QED) is 0.770. The van der Waals surface area contributed by atoms with E-state index in [-0.39, 0.29) is 17.2 Å². The molecule has 3 aliphatic rings. The van der Waals surface area contributed by atoms with Gasteiger partial charge in [0.05, 0.1) is 17.2 Å². The molecule has 3 heterocycles. The van der Waals surface area contributed by atoms with Gasteiger partial charge in [0.15, 0.2) is 5.60 Å². The van der Waals surface area contributed by atoms with E-state index in [1.807, 2.05) is 0 Å². The first-order valence-electron chi connectivity index (χ1n) is 6.99. The van der Waals surface area contributed by atoms with Crippen molar-refractivity contribution in [1.29, 1.82) is 0 Å². The van der Waals surface area contributed by atoms with Gasteiger partial charge in [-0.3, -0.25) is 9.59 Å². The molecule has 0 spiro atoms. The molecule has 4 rings (SSSR count). The third-order valence-electron chi connectivity index (χ3n) is 4.44. The summed E-state index contributed by atoms with van der Waals surface area (Å²) >= 11 is 0. The van der Waals surface area contributed by atoms with E-state index < -0.39 is 23.4 Å². The van der Waals surface area contributed by atoms with Gasteiger partial charge in [-0.15, -0.1) is 0 Å². The lowest BCUT2D eigenvalue weighted by Gasteiger charge is -2.23. The van der Waals surface area contributed by atoms with E-state index in [4.69, 9.17) is 9.57 Å².